The number of anilines is 1. The molecule has 0 atom stereocenters. The number of amides is 2. The molecule has 1 saturated carbocycles. The molecule has 0 bridgehead atoms. The molecule has 3 aromatic heterocycles. The summed E-state index contributed by atoms with van der Waals surface area (Å²) in [6.45, 7) is -1.48. The lowest BCUT2D eigenvalue weighted by Gasteiger charge is -2.27. The van der Waals surface area contributed by atoms with Gasteiger partial charge in [0.15, 0.2) is 0 Å². The summed E-state index contributed by atoms with van der Waals surface area (Å²) < 4.78 is 83.5. The standard InChI is InChI=1S/C25H20F6N6O2/c26-24(27,28)13-35-23(38)36-17-6-15(7-19(9-17)39-18-2-1-3-18)20-12-32-21-8-14(4-5-37(20)21)16-10-33-22(34-11-16)25(29,30)31/h4-12,18H,1-3,13H2,(H2,35,36,38). The third-order valence-electron chi connectivity index (χ3n) is 6.02. The molecule has 1 aliphatic carbocycles. The van der Waals surface area contributed by atoms with E-state index in [0.29, 0.717) is 33.8 Å². The summed E-state index contributed by atoms with van der Waals surface area (Å²) in [7, 11) is 0. The van der Waals surface area contributed by atoms with Gasteiger partial charge in [-0.15, -0.1) is 0 Å². The van der Waals surface area contributed by atoms with Gasteiger partial charge < -0.3 is 15.4 Å². The van der Waals surface area contributed by atoms with E-state index in [0.717, 1.165) is 31.7 Å². The molecule has 0 spiro atoms. The van der Waals surface area contributed by atoms with Crippen LogP contribution in [0.15, 0.2) is 55.1 Å². The number of imidazole rings is 1. The van der Waals surface area contributed by atoms with Crippen LogP contribution in [0.3, 0.4) is 0 Å². The van der Waals surface area contributed by atoms with Crippen LogP contribution in [0.25, 0.3) is 28.0 Å². The zero-order valence-electron chi connectivity index (χ0n) is 20.0. The smallest absolute Gasteiger partial charge is 0.451 e. The first-order valence-corrected chi connectivity index (χ1v) is 11.7. The Labute approximate surface area is 217 Å². The van der Waals surface area contributed by atoms with Crippen LogP contribution in [-0.4, -0.2) is 44.2 Å². The minimum atomic E-state index is -4.65. The van der Waals surface area contributed by atoms with Crippen molar-refractivity contribution in [3.05, 3.63) is 60.9 Å². The highest BCUT2D eigenvalue weighted by atomic mass is 19.4. The summed E-state index contributed by atoms with van der Waals surface area (Å²) in [5.74, 6) is -0.812. The zero-order valence-corrected chi connectivity index (χ0v) is 20.0. The minimum Gasteiger partial charge on any atom is -0.490 e. The van der Waals surface area contributed by atoms with Gasteiger partial charge in [-0.25, -0.2) is 19.7 Å². The summed E-state index contributed by atoms with van der Waals surface area (Å²) in [5.41, 5.74) is 2.73. The van der Waals surface area contributed by atoms with E-state index in [1.165, 1.54) is 6.07 Å². The SMILES string of the molecule is O=C(NCC(F)(F)F)Nc1cc(OC2CCC2)cc(-c2cnc3cc(-c4cnc(C(F)(F)F)nc4)ccn23)c1. The van der Waals surface area contributed by atoms with Crippen molar-refractivity contribution in [1.82, 2.24) is 24.7 Å². The lowest BCUT2D eigenvalue weighted by Crippen LogP contribution is -2.36. The maximum absolute atomic E-state index is 12.8. The average molecular weight is 550 g/mol. The highest BCUT2D eigenvalue weighted by molar-refractivity contribution is 5.90. The third kappa shape index (κ3) is 6.21. The van der Waals surface area contributed by atoms with Gasteiger partial charge in [0.05, 0.1) is 18.0 Å². The fourth-order valence-electron chi connectivity index (χ4n) is 3.92. The lowest BCUT2D eigenvalue weighted by atomic mass is 9.96. The largest absolute Gasteiger partial charge is 0.490 e. The van der Waals surface area contributed by atoms with Gasteiger partial charge in [0.25, 0.3) is 0 Å². The second-order valence-corrected chi connectivity index (χ2v) is 8.92. The number of nitrogens with zero attached hydrogens (tertiary/aromatic N) is 4. The van der Waals surface area contributed by atoms with Gasteiger partial charge in [0.1, 0.15) is 17.9 Å². The Balaban J connectivity index is 1.44. The fourth-order valence-corrected chi connectivity index (χ4v) is 3.92. The number of carbonyl (C=O) groups is 1. The number of alkyl halides is 6. The van der Waals surface area contributed by atoms with Gasteiger partial charge >= 0.3 is 18.4 Å². The Bertz CT molecular complexity index is 1500. The highest BCUT2D eigenvalue weighted by Crippen LogP contribution is 2.33. The number of urea groups is 1. The quantitative estimate of drug-likeness (QED) is 0.284. The Morgan fingerprint density at radius 2 is 1.69 bits per heavy atom. The van der Waals surface area contributed by atoms with Crippen molar-refractivity contribution in [2.45, 2.75) is 37.7 Å². The Kier molecular flexibility index (Phi) is 6.78. The van der Waals surface area contributed by atoms with Crippen molar-refractivity contribution in [2.24, 2.45) is 0 Å². The van der Waals surface area contributed by atoms with Crippen LogP contribution >= 0.6 is 0 Å². The Morgan fingerprint density at radius 3 is 2.33 bits per heavy atom. The maximum Gasteiger partial charge on any atom is 0.451 e. The van der Waals surface area contributed by atoms with E-state index in [9.17, 15) is 31.1 Å². The van der Waals surface area contributed by atoms with Crippen molar-refractivity contribution in [2.75, 3.05) is 11.9 Å². The van der Waals surface area contributed by atoms with Crippen molar-refractivity contribution in [1.29, 1.82) is 0 Å². The van der Waals surface area contributed by atoms with E-state index < -0.39 is 30.8 Å². The topological polar surface area (TPSA) is 93.4 Å². The van der Waals surface area contributed by atoms with Crippen molar-refractivity contribution in [3.63, 3.8) is 0 Å². The summed E-state index contributed by atoms with van der Waals surface area (Å²) in [6, 6.07) is 7.11. The number of hydrogen-bond acceptors (Lipinski definition) is 5. The van der Waals surface area contributed by atoms with Gasteiger partial charge in [-0.05, 0) is 49.1 Å². The highest BCUT2D eigenvalue weighted by Gasteiger charge is 2.34. The van der Waals surface area contributed by atoms with E-state index in [2.05, 4.69) is 20.3 Å². The molecule has 1 aliphatic rings. The number of aromatic nitrogens is 4. The van der Waals surface area contributed by atoms with Crippen LogP contribution in [0.2, 0.25) is 0 Å². The van der Waals surface area contributed by atoms with Crippen LogP contribution in [0, 0.1) is 0 Å². The number of halogens is 6. The first kappa shape index (κ1) is 26.3. The number of rotatable bonds is 6. The zero-order chi connectivity index (χ0) is 27.8. The molecule has 2 amide bonds. The monoisotopic (exact) mass is 550 g/mol. The molecule has 8 nitrogen and oxygen atoms in total. The molecule has 5 rings (SSSR count). The number of carbonyl (C=O) groups excluding carboxylic acids is 1. The summed E-state index contributed by atoms with van der Waals surface area (Å²) >= 11 is 0. The van der Waals surface area contributed by atoms with E-state index >= 15 is 0 Å². The number of benzene rings is 1. The molecular weight excluding hydrogens is 530 g/mol. The first-order valence-electron chi connectivity index (χ1n) is 11.7. The van der Waals surface area contributed by atoms with Crippen molar-refractivity contribution in [3.8, 4) is 28.1 Å². The van der Waals surface area contributed by atoms with Crippen LogP contribution < -0.4 is 15.4 Å². The average Bonchev–Trinajstić information content (AvgIpc) is 3.27. The molecular formula is C25H20F6N6O2. The van der Waals surface area contributed by atoms with E-state index in [-0.39, 0.29) is 11.8 Å². The van der Waals surface area contributed by atoms with Gasteiger partial charge in [0.2, 0.25) is 5.82 Å². The Hall–Kier alpha value is -4.36. The van der Waals surface area contributed by atoms with Crippen LogP contribution in [0.5, 0.6) is 5.75 Å². The molecule has 14 heteroatoms. The predicted molar refractivity (Wildman–Crippen MR) is 128 cm³/mol. The van der Waals surface area contributed by atoms with E-state index in [4.69, 9.17) is 4.74 Å². The normalized spacial score (nSPS) is 14.2. The number of hydrogen-bond donors (Lipinski definition) is 2. The molecule has 2 N–H and O–H groups in total. The number of nitrogens with one attached hydrogen (secondary N) is 2. The first-order chi connectivity index (χ1) is 18.4. The number of fused-ring (bicyclic) bond motifs is 1. The van der Waals surface area contributed by atoms with Crippen molar-refractivity contribution >= 4 is 17.4 Å². The molecule has 204 valence electrons. The van der Waals surface area contributed by atoms with Gasteiger partial charge in [0, 0.05) is 41.5 Å². The number of pyridine rings is 1. The second kappa shape index (κ2) is 10.1. The second-order valence-electron chi connectivity index (χ2n) is 8.92. The Morgan fingerprint density at radius 1 is 0.949 bits per heavy atom. The summed E-state index contributed by atoms with van der Waals surface area (Å²) in [4.78, 5) is 23.2. The third-order valence-corrected chi connectivity index (χ3v) is 6.02. The fraction of sp³-hybridized carbons (Fsp3) is 0.280. The predicted octanol–water partition coefficient (Wildman–Crippen LogP) is 6.09. The molecule has 39 heavy (non-hydrogen) atoms. The van der Waals surface area contributed by atoms with Crippen LogP contribution in [-0.2, 0) is 6.18 Å². The molecule has 0 saturated heterocycles. The molecule has 0 aliphatic heterocycles. The molecule has 1 fully saturated rings. The number of ether oxygens (including phenoxy) is 1. The minimum absolute atomic E-state index is 0.00264. The maximum atomic E-state index is 12.8. The molecule has 0 radical (unpaired) electrons. The van der Waals surface area contributed by atoms with E-state index in [1.807, 2.05) is 0 Å². The molecule has 0 unspecified atom stereocenters. The van der Waals surface area contributed by atoms with Gasteiger partial charge in [-0.2, -0.15) is 26.3 Å². The van der Waals surface area contributed by atoms with Gasteiger partial charge in [-0.1, -0.05) is 0 Å². The van der Waals surface area contributed by atoms with E-state index in [1.54, 1.807) is 46.4 Å². The van der Waals surface area contributed by atoms with Gasteiger partial charge in [-0.3, -0.25) is 4.40 Å². The molecule has 4 aromatic rings. The van der Waals surface area contributed by atoms with Crippen LogP contribution in [0.1, 0.15) is 25.1 Å². The molecule has 3 heterocycles. The summed E-state index contributed by atoms with van der Waals surface area (Å²) in [5, 5.41) is 4.17. The lowest BCUT2D eigenvalue weighted by molar-refractivity contribution is -0.145. The van der Waals surface area contributed by atoms with Crippen molar-refractivity contribution < 1.29 is 35.9 Å². The summed E-state index contributed by atoms with van der Waals surface area (Å²) in [6.07, 6.45) is -1.08. The molecule has 1 aromatic carbocycles. The van der Waals surface area contributed by atoms with Crippen LogP contribution in [0.4, 0.5) is 36.8 Å².